The number of benzene rings is 2. The molecule has 0 saturated carbocycles. The van der Waals surface area contributed by atoms with Crippen LogP contribution in [-0.2, 0) is 24.4 Å². The summed E-state index contributed by atoms with van der Waals surface area (Å²) in [7, 11) is 3.48. The number of rotatable bonds is 7. The molecule has 1 aliphatic rings. The number of guanidine groups is 1. The number of nitrogens with zero attached hydrogens (tertiary/aromatic N) is 2. The molecule has 2 atom stereocenters. The van der Waals surface area contributed by atoms with Gasteiger partial charge in [-0.2, -0.15) is 0 Å². The van der Waals surface area contributed by atoms with E-state index in [9.17, 15) is 0 Å². The van der Waals surface area contributed by atoms with Gasteiger partial charge in [-0.15, -0.1) is 24.0 Å². The Labute approximate surface area is 203 Å². The Hall–Kier alpha value is -1.84. The molecule has 0 bridgehead atoms. The Morgan fingerprint density at radius 1 is 1.03 bits per heavy atom. The number of morpholine rings is 1. The van der Waals surface area contributed by atoms with Gasteiger partial charge in [-0.05, 0) is 42.7 Å². The third kappa shape index (κ3) is 7.97. The maximum absolute atomic E-state index is 5.87. The van der Waals surface area contributed by atoms with Crippen LogP contribution in [0.1, 0.15) is 30.5 Å². The predicted molar refractivity (Wildman–Crippen MR) is 137 cm³/mol. The van der Waals surface area contributed by atoms with Crippen LogP contribution < -0.4 is 15.4 Å². The van der Waals surface area contributed by atoms with Gasteiger partial charge in [0.15, 0.2) is 5.96 Å². The van der Waals surface area contributed by atoms with Crippen molar-refractivity contribution in [1.82, 2.24) is 15.5 Å². The van der Waals surface area contributed by atoms with Crippen LogP contribution in [-0.4, -0.2) is 50.3 Å². The van der Waals surface area contributed by atoms with Crippen LogP contribution >= 0.6 is 24.0 Å². The highest BCUT2D eigenvalue weighted by molar-refractivity contribution is 14.0. The fourth-order valence-electron chi connectivity index (χ4n) is 3.91. The van der Waals surface area contributed by atoms with Crippen molar-refractivity contribution in [3.63, 3.8) is 0 Å². The van der Waals surface area contributed by atoms with Crippen molar-refractivity contribution in [2.75, 3.05) is 27.2 Å². The van der Waals surface area contributed by atoms with Gasteiger partial charge >= 0.3 is 0 Å². The zero-order valence-electron chi connectivity index (χ0n) is 18.9. The molecule has 1 aliphatic heterocycles. The number of aliphatic imine (C=N–C) groups is 1. The van der Waals surface area contributed by atoms with Crippen LogP contribution in [0, 0.1) is 0 Å². The SMILES string of the molecule is CN=C(NCc1cccc(OC)c1)NCc1ccccc1CN1CC(C)OC(C)C1.I. The molecule has 7 heteroatoms. The minimum Gasteiger partial charge on any atom is -0.497 e. The van der Waals surface area contributed by atoms with E-state index >= 15 is 0 Å². The first-order valence-corrected chi connectivity index (χ1v) is 10.6. The lowest BCUT2D eigenvalue weighted by Gasteiger charge is -2.35. The first kappa shape index (κ1) is 25.4. The summed E-state index contributed by atoms with van der Waals surface area (Å²) in [5.74, 6) is 1.64. The zero-order valence-corrected chi connectivity index (χ0v) is 21.3. The molecule has 0 spiro atoms. The smallest absolute Gasteiger partial charge is 0.191 e. The highest BCUT2D eigenvalue weighted by Crippen LogP contribution is 2.17. The summed E-state index contributed by atoms with van der Waals surface area (Å²) in [6, 6.07) is 16.7. The molecule has 2 aromatic carbocycles. The third-order valence-corrected chi connectivity index (χ3v) is 5.27. The van der Waals surface area contributed by atoms with Crippen LogP contribution in [0.5, 0.6) is 5.75 Å². The number of hydrogen-bond acceptors (Lipinski definition) is 4. The number of halogens is 1. The number of nitrogens with one attached hydrogen (secondary N) is 2. The molecule has 170 valence electrons. The van der Waals surface area contributed by atoms with Gasteiger partial charge in [0, 0.05) is 39.8 Å². The van der Waals surface area contributed by atoms with E-state index in [0.29, 0.717) is 6.54 Å². The molecule has 6 nitrogen and oxygen atoms in total. The monoisotopic (exact) mass is 538 g/mol. The van der Waals surface area contributed by atoms with Crippen molar-refractivity contribution < 1.29 is 9.47 Å². The fraction of sp³-hybridized carbons (Fsp3) is 0.458. The van der Waals surface area contributed by atoms with Gasteiger partial charge in [-0.25, -0.2) is 0 Å². The minimum absolute atomic E-state index is 0. The Balaban J connectivity index is 0.00000341. The summed E-state index contributed by atoms with van der Waals surface area (Å²) >= 11 is 0. The van der Waals surface area contributed by atoms with Crippen molar-refractivity contribution in [2.45, 2.75) is 45.7 Å². The second-order valence-electron chi connectivity index (χ2n) is 7.85. The zero-order chi connectivity index (χ0) is 21.3. The standard InChI is InChI=1S/C24H34N4O2.HI/c1-18-15-28(16-19(2)30-18)17-22-10-6-5-9-21(22)14-27-24(25-3)26-13-20-8-7-11-23(12-20)29-4;/h5-12,18-19H,13-17H2,1-4H3,(H2,25,26,27);1H. The van der Waals surface area contributed by atoms with Gasteiger partial charge in [0.2, 0.25) is 0 Å². The average molecular weight is 538 g/mol. The van der Waals surface area contributed by atoms with Crippen LogP contribution in [0.3, 0.4) is 0 Å². The normalized spacial score (nSPS) is 19.4. The molecule has 0 amide bonds. The molecule has 31 heavy (non-hydrogen) atoms. The second-order valence-corrected chi connectivity index (χ2v) is 7.85. The van der Waals surface area contributed by atoms with E-state index in [1.807, 2.05) is 18.2 Å². The molecule has 1 heterocycles. The molecule has 0 aromatic heterocycles. The second kappa shape index (κ2) is 12.9. The Morgan fingerprint density at radius 3 is 2.39 bits per heavy atom. The van der Waals surface area contributed by atoms with Crippen LogP contribution in [0.15, 0.2) is 53.5 Å². The van der Waals surface area contributed by atoms with Crippen molar-refractivity contribution >= 4 is 29.9 Å². The number of methoxy groups -OCH3 is 1. The molecular formula is C24H35IN4O2. The van der Waals surface area contributed by atoms with Gasteiger partial charge in [0.05, 0.1) is 19.3 Å². The van der Waals surface area contributed by atoms with Gasteiger partial charge in [0.1, 0.15) is 5.75 Å². The van der Waals surface area contributed by atoms with Crippen molar-refractivity contribution in [1.29, 1.82) is 0 Å². The van der Waals surface area contributed by atoms with E-state index in [4.69, 9.17) is 9.47 Å². The fourth-order valence-corrected chi connectivity index (χ4v) is 3.91. The van der Waals surface area contributed by atoms with Gasteiger partial charge < -0.3 is 20.1 Å². The molecule has 2 N–H and O–H groups in total. The van der Waals surface area contributed by atoms with Crippen molar-refractivity contribution in [2.24, 2.45) is 4.99 Å². The van der Waals surface area contributed by atoms with Gasteiger partial charge in [0.25, 0.3) is 0 Å². The lowest BCUT2D eigenvalue weighted by atomic mass is 10.1. The maximum Gasteiger partial charge on any atom is 0.191 e. The topological polar surface area (TPSA) is 58.1 Å². The van der Waals surface area contributed by atoms with Crippen LogP contribution in [0.2, 0.25) is 0 Å². The summed E-state index contributed by atoms with van der Waals surface area (Å²) in [6.07, 6.45) is 0.553. The predicted octanol–water partition coefficient (Wildman–Crippen LogP) is 3.79. The van der Waals surface area contributed by atoms with Crippen LogP contribution in [0.25, 0.3) is 0 Å². The molecule has 2 aromatic rings. The highest BCUT2D eigenvalue weighted by atomic mass is 127. The average Bonchev–Trinajstić information content (AvgIpc) is 2.74. The number of hydrogen-bond donors (Lipinski definition) is 2. The Morgan fingerprint density at radius 2 is 1.71 bits per heavy atom. The van der Waals surface area contributed by atoms with E-state index in [0.717, 1.165) is 43.5 Å². The van der Waals surface area contributed by atoms with E-state index in [2.05, 4.69) is 64.7 Å². The van der Waals surface area contributed by atoms with Crippen molar-refractivity contribution in [3.8, 4) is 5.75 Å². The van der Waals surface area contributed by atoms with Crippen molar-refractivity contribution in [3.05, 3.63) is 65.2 Å². The Bertz CT molecular complexity index is 836. The molecule has 2 unspecified atom stereocenters. The first-order chi connectivity index (χ1) is 14.6. The summed E-state index contributed by atoms with van der Waals surface area (Å²) in [4.78, 5) is 6.84. The number of ether oxygens (including phenoxy) is 2. The van der Waals surface area contributed by atoms with Crippen LogP contribution in [0.4, 0.5) is 0 Å². The summed E-state index contributed by atoms with van der Waals surface area (Å²) < 4.78 is 11.2. The first-order valence-electron chi connectivity index (χ1n) is 10.6. The molecule has 1 saturated heterocycles. The third-order valence-electron chi connectivity index (χ3n) is 5.27. The minimum atomic E-state index is 0. The largest absolute Gasteiger partial charge is 0.497 e. The molecule has 1 fully saturated rings. The summed E-state index contributed by atoms with van der Waals surface area (Å²) in [5, 5.41) is 6.82. The molecule has 3 rings (SSSR count). The Kier molecular flexibility index (Phi) is 10.6. The lowest BCUT2D eigenvalue weighted by molar-refractivity contribution is -0.0705. The van der Waals surface area contributed by atoms with E-state index < -0.39 is 0 Å². The quantitative estimate of drug-likeness (QED) is 0.319. The van der Waals surface area contributed by atoms with E-state index in [1.54, 1.807) is 14.2 Å². The van der Waals surface area contributed by atoms with Gasteiger partial charge in [-0.3, -0.25) is 9.89 Å². The van der Waals surface area contributed by atoms with Gasteiger partial charge in [-0.1, -0.05) is 36.4 Å². The van der Waals surface area contributed by atoms with E-state index in [1.165, 1.54) is 11.1 Å². The molecule has 0 aliphatic carbocycles. The summed E-state index contributed by atoms with van der Waals surface area (Å²) in [6.45, 7) is 8.57. The van der Waals surface area contributed by atoms with E-state index in [-0.39, 0.29) is 36.2 Å². The molecular weight excluding hydrogens is 503 g/mol. The molecule has 0 radical (unpaired) electrons. The highest BCUT2D eigenvalue weighted by Gasteiger charge is 2.22. The maximum atomic E-state index is 5.87. The lowest BCUT2D eigenvalue weighted by Crippen LogP contribution is -2.45. The summed E-state index contributed by atoms with van der Waals surface area (Å²) in [5.41, 5.74) is 3.77.